The number of allylic oxidation sites excluding steroid dienone is 1. The van der Waals surface area contributed by atoms with Crippen molar-refractivity contribution in [3.05, 3.63) is 23.2 Å². The average molecular weight is 381 g/mol. The van der Waals surface area contributed by atoms with E-state index < -0.39 is 24.1 Å². The van der Waals surface area contributed by atoms with Crippen molar-refractivity contribution in [2.24, 2.45) is 0 Å². The lowest BCUT2D eigenvalue weighted by molar-refractivity contribution is -0.165. The van der Waals surface area contributed by atoms with Gasteiger partial charge < -0.3 is 35.1 Å². The van der Waals surface area contributed by atoms with Gasteiger partial charge in [0.25, 0.3) is 0 Å². The molecule has 4 aliphatic rings. The number of aliphatic hydroxyl groups is 2. The lowest BCUT2D eigenvalue weighted by Crippen LogP contribution is -2.39. The zero-order chi connectivity index (χ0) is 19.9. The van der Waals surface area contributed by atoms with Crippen molar-refractivity contribution in [2.75, 3.05) is 39.3 Å². The van der Waals surface area contributed by atoms with Crippen LogP contribution in [0.3, 0.4) is 0 Å². The van der Waals surface area contributed by atoms with Crippen LogP contribution >= 0.6 is 0 Å². The molecule has 0 bridgehead atoms. The van der Waals surface area contributed by atoms with Crippen LogP contribution in [-0.4, -0.2) is 110 Å². The van der Waals surface area contributed by atoms with Crippen molar-refractivity contribution in [1.29, 1.82) is 0 Å². The van der Waals surface area contributed by atoms with Crippen molar-refractivity contribution in [1.82, 2.24) is 14.7 Å². The third kappa shape index (κ3) is 4.09. The Morgan fingerprint density at radius 3 is 1.56 bits per heavy atom. The zero-order valence-corrected chi connectivity index (χ0v) is 14.2. The third-order valence-corrected chi connectivity index (χ3v) is 4.29. The smallest absolute Gasteiger partial charge is 0.335 e. The van der Waals surface area contributed by atoms with Crippen LogP contribution in [0.5, 0.6) is 0 Å². The van der Waals surface area contributed by atoms with E-state index in [0.717, 1.165) is 39.3 Å². The SMILES string of the molecule is O=C(O)C(O)C(O)C(=O)O.O=C1C=C(N2CC2)C(=O)C(N2CC2)=C1N1CC1. The van der Waals surface area contributed by atoms with E-state index in [1.807, 2.05) is 14.7 Å². The monoisotopic (exact) mass is 381 g/mol. The Morgan fingerprint density at radius 2 is 1.19 bits per heavy atom. The quantitative estimate of drug-likeness (QED) is 0.275. The normalized spacial score (nSPS) is 22.6. The average Bonchev–Trinajstić information content (AvgIpc) is 3.48. The van der Waals surface area contributed by atoms with Crippen LogP contribution in [0.2, 0.25) is 0 Å². The standard InChI is InChI=1S/C12H13N3O2.C4H6O6/c16-9-7-8(13-1-2-13)12(17)11(15-5-6-15)10(9)14-3-4-14;5-1(3(7)8)2(6)4(9)10/h7H,1-6H2;1-2,5-6H,(H,7,8)(H,9,10). The second kappa shape index (κ2) is 7.00. The number of Topliss-reactive ketones (excluding diaryl/α,β-unsaturated/α-hetero) is 1. The fraction of sp³-hybridized carbons (Fsp3) is 0.500. The summed E-state index contributed by atoms with van der Waals surface area (Å²) >= 11 is 0. The number of hydrogen-bond donors (Lipinski definition) is 4. The Morgan fingerprint density at radius 1 is 0.778 bits per heavy atom. The van der Waals surface area contributed by atoms with Gasteiger partial charge in [-0.15, -0.1) is 0 Å². The van der Waals surface area contributed by atoms with E-state index in [-0.39, 0.29) is 11.6 Å². The van der Waals surface area contributed by atoms with Crippen LogP contribution in [0.15, 0.2) is 23.2 Å². The summed E-state index contributed by atoms with van der Waals surface area (Å²) in [5.41, 5.74) is 1.89. The molecule has 1 aliphatic carbocycles. The van der Waals surface area contributed by atoms with E-state index in [1.54, 1.807) is 0 Å². The summed E-state index contributed by atoms with van der Waals surface area (Å²) in [6.45, 7) is 5.41. The number of nitrogens with zero attached hydrogens (tertiary/aromatic N) is 3. The Bertz CT molecular complexity index is 744. The number of carbonyl (C=O) groups is 4. The molecule has 0 spiro atoms. The van der Waals surface area contributed by atoms with E-state index in [0.29, 0.717) is 17.1 Å². The maximum absolute atomic E-state index is 12.4. The van der Waals surface area contributed by atoms with Crippen molar-refractivity contribution in [2.45, 2.75) is 12.2 Å². The van der Waals surface area contributed by atoms with Crippen LogP contribution in [0, 0.1) is 0 Å². The Hall–Kier alpha value is -2.92. The molecule has 4 N–H and O–H groups in total. The maximum Gasteiger partial charge on any atom is 0.335 e. The Kier molecular flexibility index (Phi) is 4.89. The second-order valence-electron chi connectivity index (χ2n) is 6.45. The number of rotatable bonds is 6. The predicted octanol–water partition coefficient (Wildman–Crippen LogP) is -2.94. The number of aliphatic hydroxyl groups excluding tert-OH is 2. The lowest BCUT2D eigenvalue weighted by Gasteiger charge is -2.21. The summed E-state index contributed by atoms with van der Waals surface area (Å²) in [6, 6.07) is 0. The highest BCUT2D eigenvalue weighted by Gasteiger charge is 2.43. The number of aliphatic carboxylic acids is 2. The van der Waals surface area contributed by atoms with Crippen molar-refractivity contribution in [3.63, 3.8) is 0 Å². The molecule has 3 fully saturated rings. The molecule has 0 aromatic heterocycles. The molecule has 3 saturated heterocycles. The molecular weight excluding hydrogens is 362 g/mol. The minimum absolute atomic E-state index is 0.00546. The predicted molar refractivity (Wildman–Crippen MR) is 87.1 cm³/mol. The van der Waals surface area contributed by atoms with Gasteiger partial charge in [-0.3, -0.25) is 9.59 Å². The van der Waals surface area contributed by atoms with Crippen molar-refractivity contribution >= 4 is 23.5 Å². The second-order valence-corrected chi connectivity index (χ2v) is 6.45. The summed E-state index contributed by atoms with van der Waals surface area (Å²) in [4.78, 5) is 50.0. The molecule has 4 rings (SSSR count). The zero-order valence-electron chi connectivity index (χ0n) is 14.2. The summed E-state index contributed by atoms with van der Waals surface area (Å²) in [6.07, 6.45) is -3.01. The number of hydrogen-bond acceptors (Lipinski definition) is 9. The first kappa shape index (κ1) is 18.9. The molecule has 146 valence electrons. The number of carboxylic acid groups (broad SMARTS) is 2. The minimum atomic E-state index is -2.27. The van der Waals surface area contributed by atoms with Gasteiger partial charge in [0.05, 0.1) is 5.70 Å². The topological polar surface area (TPSA) is 158 Å². The van der Waals surface area contributed by atoms with Gasteiger partial charge in [0.2, 0.25) is 11.6 Å². The molecule has 3 heterocycles. The highest BCUT2D eigenvalue weighted by atomic mass is 16.4. The third-order valence-electron chi connectivity index (χ3n) is 4.29. The van der Waals surface area contributed by atoms with Crippen LogP contribution in [-0.2, 0) is 19.2 Å². The van der Waals surface area contributed by atoms with E-state index in [2.05, 4.69) is 0 Å². The summed E-state index contributed by atoms with van der Waals surface area (Å²) < 4.78 is 0. The minimum Gasteiger partial charge on any atom is -0.479 e. The molecule has 0 aromatic carbocycles. The molecular formula is C16H19N3O8. The molecule has 2 unspecified atom stereocenters. The highest BCUT2D eigenvalue weighted by Crippen LogP contribution is 2.33. The largest absolute Gasteiger partial charge is 0.479 e. The molecule has 0 saturated carbocycles. The first-order chi connectivity index (χ1) is 12.7. The van der Waals surface area contributed by atoms with Gasteiger partial charge in [0, 0.05) is 45.3 Å². The van der Waals surface area contributed by atoms with Crippen molar-refractivity contribution < 1.29 is 39.6 Å². The van der Waals surface area contributed by atoms with Crippen LogP contribution in [0.1, 0.15) is 0 Å². The molecule has 0 radical (unpaired) electrons. The van der Waals surface area contributed by atoms with Crippen LogP contribution < -0.4 is 0 Å². The van der Waals surface area contributed by atoms with E-state index >= 15 is 0 Å². The number of carboxylic acids is 2. The van der Waals surface area contributed by atoms with Crippen LogP contribution in [0.25, 0.3) is 0 Å². The first-order valence-corrected chi connectivity index (χ1v) is 8.34. The van der Waals surface area contributed by atoms with Gasteiger partial charge in [-0.1, -0.05) is 0 Å². The summed E-state index contributed by atoms with van der Waals surface area (Å²) in [5.74, 6) is -3.49. The van der Waals surface area contributed by atoms with Gasteiger partial charge in [-0.05, 0) is 0 Å². The van der Waals surface area contributed by atoms with Gasteiger partial charge in [-0.25, -0.2) is 9.59 Å². The molecule has 11 nitrogen and oxygen atoms in total. The highest BCUT2D eigenvalue weighted by molar-refractivity contribution is 6.22. The molecule has 3 aliphatic heterocycles. The maximum atomic E-state index is 12.4. The molecule has 27 heavy (non-hydrogen) atoms. The molecule has 11 heteroatoms. The first-order valence-electron chi connectivity index (χ1n) is 8.34. The molecule has 0 amide bonds. The summed E-state index contributed by atoms with van der Waals surface area (Å²) in [7, 11) is 0. The van der Waals surface area contributed by atoms with Gasteiger partial charge >= 0.3 is 11.9 Å². The Labute approximate surface area is 153 Å². The fourth-order valence-corrected chi connectivity index (χ4v) is 2.55. The van der Waals surface area contributed by atoms with E-state index in [1.165, 1.54) is 6.08 Å². The molecule has 0 aromatic rings. The van der Waals surface area contributed by atoms with Gasteiger partial charge in [-0.2, -0.15) is 0 Å². The van der Waals surface area contributed by atoms with E-state index in [9.17, 15) is 19.2 Å². The van der Waals surface area contributed by atoms with Gasteiger partial charge in [0.15, 0.2) is 12.2 Å². The number of carbonyl (C=O) groups excluding carboxylic acids is 2. The lowest BCUT2D eigenvalue weighted by atomic mass is 10.0. The summed E-state index contributed by atoms with van der Waals surface area (Å²) in [5, 5.41) is 32.5. The molecule has 2 atom stereocenters. The van der Waals surface area contributed by atoms with Gasteiger partial charge in [0.1, 0.15) is 11.4 Å². The van der Waals surface area contributed by atoms with Crippen LogP contribution in [0.4, 0.5) is 0 Å². The fourth-order valence-electron chi connectivity index (χ4n) is 2.55. The number of ketones is 2. The Balaban J connectivity index is 0.000000183. The van der Waals surface area contributed by atoms with Crippen molar-refractivity contribution in [3.8, 4) is 0 Å². The van der Waals surface area contributed by atoms with E-state index in [4.69, 9.17) is 20.4 Å².